The largest absolute Gasteiger partial charge is 0.463 e. The molecule has 3 unspecified atom stereocenters. The van der Waals surface area contributed by atoms with Gasteiger partial charge in [-0.1, -0.05) is 6.42 Å². The van der Waals surface area contributed by atoms with Crippen LogP contribution in [0.4, 0.5) is 0 Å². The van der Waals surface area contributed by atoms with Gasteiger partial charge in [-0.15, -0.1) is 0 Å². The molecule has 1 aliphatic rings. The third-order valence-corrected chi connectivity index (χ3v) is 4.18. The maximum atomic E-state index is 11.3. The Labute approximate surface area is 119 Å². The van der Waals surface area contributed by atoms with Crippen molar-refractivity contribution in [2.45, 2.75) is 32.2 Å². The van der Waals surface area contributed by atoms with Gasteiger partial charge in [-0.05, 0) is 50.3 Å². The second kappa shape index (κ2) is 6.90. The number of hydrogen-bond donors (Lipinski definition) is 2. The molecule has 1 aromatic heterocycles. The molecule has 1 aliphatic carbocycles. The van der Waals surface area contributed by atoms with Gasteiger partial charge in [0.15, 0.2) is 0 Å². The summed E-state index contributed by atoms with van der Waals surface area (Å²) in [6.45, 7) is 3.14. The van der Waals surface area contributed by atoms with E-state index in [2.05, 4.69) is 10.1 Å². The Morgan fingerprint density at radius 3 is 2.95 bits per heavy atom. The molecule has 3 atom stereocenters. The van der Waals surface area contributed by atoms with Crippen molar-refractivity contribution in [1.29, 1.82) is 0 Å². The second-order valence-corrected chi connectivity index (χ2v) is 5.46. The summed E-state index contributed by atoms with van der Waals surface area (Å²) in [5.41, 5.74) is 0. The number of esters is 1. The van der Waals surface area contributed by atoms with Crippen molar-refractivity contribution in [1.82, 2.24) is 5.32 Å². The maximum Gasteiger partial charge on any atom is 0.373 e. The van der Waals surface area contributed by atoms with E-state index in [1.807, 2.05) is 6.92 Å². The summed E-state index contributed by atoms with van der Waals surface area (Å²) in [6, 6.07) is 3.46. The van der Waals surface area contributed by atoms with Crippen molar-refractivity contribution in [3.63, 3.8) is 0 Å². The van der Waals surface area contributed by atoms with Crippen LogP contribution in [0.1, 0.15) is 48.5 Å². The lowest BCUT2D eigenvalue weighted by atomic mass is 9.96. The molecule has 1 saturated carbocycles. The van der Waals surface area contributed by atoms with Crippen LogP contribution in [0.25, 0.3) is 0 Å². The van der Waals surface area contributed by atoms with Crippen molar-refractivity contribution in [2.24, 2.45) is 11.8 Å². The number of aliphatic hydroxyl groups excluding tert-OH is 1. The molecule has 0 aromatic carbocycles. The fourth-order valence-corrected chi connectivity index (χ4v) is 2.85. The molecule has 1 heterocycles. The molecule has 1 fully saturated rings. The Kier molecular flexibility index (Phi) is 5.20. The zero-order chi connectivity index (χ0) is 14.5. The Bertz CT molecular complexity index is 443. The zero-order valence-corrected chi connectivity index (χ0v) is 12.1. The first-order chi connectivity index (χ1) is 9.65. The molecule has 5 nitrogen and oxygen atoms in total. The molecule has 0 bridgehead atoms. The van der Waals surface area contributed by atoms with Crippen LogP contribution in [0, 0.1) is 11.8 Å². The number of carbonyl (C=O) groups is 1. The minimum atomic E-state index is -0.459. The molecule has 20 heavy (non-hydrogen) atoms. The molecule has 1 aromatic rings. The molecule has 0 spiro atoms. The van der Waals surface area contributed by atoms with Crippen molar-refractivity contribution in [3.8, 4) is 0 Å². The molecule has 112 valence electrons. The molecule has 2 rings (SSSR count). The predicted molar refractivity (Wildman–Crippen MR) is 74.4 cm³/mol. The van der Waals surface area contributed by atoms with E-state index in [-0.39, 0.29) is 18.4 Å². The van der Waals surface area contributed by atoms with Crippen molar-refractivity contribution >= 4 is 5.97 Å². The van der Waals surface area contributed by atoms with Gasteiger partial charge in [0.2, 0.25) is 5.76 Å². The number of rotatable bonds is 6. The van der Waals surface area contributed by atoms with E-state index >= 15 is 0 Å². The SMILES string of the molecule is COC(=O)c1ccc(C(C)NCC2CCCC2CO)o1. The summed E-state index contributed by atoms with van der Waals surface area (Å²) >= 11 is 0. The fraction of sp³-hybridized carbons (Fsp3) is 0.667. The minimum Gasteiger partial charge on any atom is -0.463 e. The van der Waals surface area contributed by atoms with Crippen molar-refractivity contribution < 1.29 is 19.1 Å². The number of carbonyl (C=O) groups excluding carboxylic acids is 1. The smallest absolute Gasteiger partial charge is 0.373 e. The number of aliphatic hydroxyl groups is 1. The van der Waals surface area contributed by atoms with Gasteiger partial charge in [0, 0.05) is 6.61 Å². The number of nitrogens with one attached hydrogen (secondary N) is 1. The quantitative estimate of drug-likeness (QED) is 0.782. The average Bonchev–Trinajstić information content (AvgIpc) is 3.12. The third kappa shape index (κ3) is 3.41. The van der Waals surface area contributed by atoms with Gasteiger partial charge in [0.05, 0.1) is 13.2 Å². The van der Waals surface area contributed by atoms with E-state index in [4.69, 9.17) is 4.42 Å². The number of methoxy groups -OCH3 is 1. The second-order valence-electron chi connectivity index (χ2n) is 5.46. The number of hydrogen-bond acceptors (Lipinski definition) is 5. The van der Waals surface area contributed by atoms with Crippen LogP contribution in [0.15, 0.2) is 16.5 Å². The van der Waals surface area contributed by atoms with Crippen LogP contribution in [0.3, 0.4) is 0 Å². The average molecular weight is 281 g/mol. The molecule has 2 N–H and O–H groups in total. The summed E-state index contributed by atoms with van der Waals surface area (Å²) in [5, 5.41) is 12.7. The first-order valence-electron chi connectivity index (χ1n) is 7.18. The van der Waals surface area contributed by atoms with E-state index in [1.54, 1.807) is 12.1 Å². The van der Waals surface area contributed by atoms with Crippen molar-refractivity contribution in [2.75, 3.05) is 20.3 Å². The van der Waals surface area contributed by atoms with Crippen LogP contribution >= 0.6 is 0 Å². The Balaban J connectivity index is 1.87. The molecule has 0 amide bonds. The van der Waals surface area contributed by atoms with E-state index in [0.717, 1.165) is 25.1 Å². The third-order valence-electron chi connectivity index (χ3n) is 4.18. The van der Waals surface area contributed by atoms with E-state index in [1.165, 1.54) is 13.5 Å². The van der Waals surface area contributed by atoms with Crippen LogP contribution in [-0.2, 0) is 4.74 Å². The lowest BCUT2D eigenvalue weighted by Gasteiger charge is -2.20. The summed E-state index contributed by atoms with van der Waals surface area (Å²) in [7, 11) is 1.33. The van der Waals surface area contributed by atoms with Crippen LogP contribution in [0.2, 0.25) is 0 Å². The molecular weight excluding hydrogens is 258 g/mol. The first-order valence-corrected chi connectivity index (χ1v) is 7.18. The van der Waals surface area contributed by atoms with Gasteiger partial charge in [-0.25, -0.2) is 4.79 Å². The fourth-order valence-electron chi connectivity index (χ4n) is 2.85. The van der Waals surface area contributed by atoms with E-state index in [9.17, 15) is 9.90 Å². The van der Waals surface area contributed by atoms with Gasteiger partial charge < -0.3 is 19.6 Å². The van der Waals surface area contributed by atoms with Gasteiger partial charge in [0.25, 0.3) is 0 Å². The summed E-state index contributed by atoms with van der Waals surface area (Å²) < 4.78 is 10.1. The van der Waals surface area contributed by atoms with Crippen LogP contribution in [0.5, 0.6) is 0 Å². The zero-order valence-electron chi connectivity index (χ0n) is 12.1. The van der Waals surface area contributed by atoms with Crippen LogP contribution in [-0.4, -0.2) is 31.3 Å². The van der Waals surface area contributed by atoms with E-state index < -0.39 is 5.97 Å². The highest BCUT2D eigenvalue weighted by molar-refractivity contribution is 5.86. The minimum absolute atomic E-state index is 0.0355. The maximum absolute atomic E-state index is 11.3. The highest BCUT2D eigenvalue weighted by atomic mass is 16.5. The Morgan fingerprint density at radius 1 is 1.50 bits per heavy atom. The van der Waals surface area contributed by atoms with Gasteiger partial charge in [0.1, 0.15) is 5.76 Å². The Hall–Kier alpha value is -1.33. The molecule has 0 aliphatic heterocycles. The summed E-state index contributed by atoms with van der Waals surface area (Å²) in [5.74, 6) is 1.43. The lowest BCUT2D eigenvalue weighted by Crippen LogP contribution is -2.28. The Morgan fingerprint density at radius 2 is 2.25 bits per heavy atom. The van der Waals surface area contributed by atoms with Gasteiger partial charge in [-0.3, -0.25) is 0 Å². The normalized spacial score (nSPS) is 23.8. The molecule has 0 radical (unpaired) electrons. The predicted octanol–water partition coefficient (Wildman–Crippen LogP) is 2.13. The topological polar surface area (TPSA) is 71.7 Å². The van der Waals surface area contributed by atoms with E-state index in [0.29, 0.717) is 11.8 Å². The summed E-state index contributed by atoms with van der Waals surface area (Å²) in [6.07, 6.45) is 3.47. The van der Waals surface area contributed by atoms with Gasteiger partial charge >= 0.3 is 5.97 Å². The lowest BCUT2D eigenvalue weighted by molar-refractivity contribution is 0.0562. The highest BCUT2D eigenvalue weighted by Gasteiger charge is 2.27. The summed E-state index contributed by atoms with van der Waals surface area (Å²) in [4.78, 5) is 11.3. The molecule has 5 heteroatoms. The molecular formula is C15H23NO4. The first kappa shape index (κ1) is 15.1. The highest BCUT2D eigenvalue weighted by Crippen LogP contribution is 2.31. The van der Waals surface area contributed by atoms with Crippen molar-refractivity contribution in [3.05, 3.63) is 23.7 Å². The monoisotopic (exact) mass is 281 g/mol. The standard InChI is InChI=1S/C15H23NO4/c1-10(13-6-7-14(20-13)15(18)19-2)16-8-11-4-3-5-12(11)9-17/h6-7,10-12,16-17H,3-5,8-9H2,1-2H3. The number of furan rings is 1. The number of ether oxygens (including phenoxy) is 1. The van der Waals surface area contributed by atoms with Gasteiger partial charge in [-0.2, -0.15) is 0 Å². The van der Waals surface area contributed by atoms with Crippen LogP contribution < -0.4 is 5.32 Å². The molecule has 0 saturated heterocycles.